The van der Waals surface area contributed by atoms with E-state index in [0.29, 0.717) is 52.7 Å². The Morgan fingerprint density at radius 3 is 2.14 bits per heavy atom. The molecule has 9 nitrogen and oxygen atoms in total. The number of esters is 1. The van der Waals surface area contributed by atoms with Gasteiger partial charge in [0.05, 0.1) is 39.5 Å². The lowest BCUT2D eigenvalue weighted by molar-refractivity contribution is -0.198. The third-order valence-corrected chi connectivity index (χ3v) is 8.48. The van der Waals surface area contributed by atoms with Crippen LogP contribution in [0.1, 0.15) is 48.3 Å². The van der Waals surface area contributed by atoms with Crippen molar-refractivity contribution in [2.24, 2.45) is 11.8 Å². The van der Waals surface area contributed by atoms with Crippen LogP contribution in [-0.4, -0.2) is 56.5 Å². The van der Waals surface area contributed by atoms with Gasteiger partial charge in [-0.3, -0.25) is 4.79 Å². The van der Waals surface area contributed by atoms with Gasteiger partial charge in [0, 0.05) is 11.8 Å². The van der Waals surface area contributed by atoms with E-state index in [4.69, 9.17) is 28.4 Å². The normalized spacial score (nSPS) is 29.4. The van der Waals surface area contributed by atoms with Gasteiger partial charge in [0.15, 0.2) is 23.0 Å². The Bertz CT molecular complexity index is 1190. The molecule has 0 amide bonds. The van der Waals surface area contributed by atoms with E-state index in [1.54, 1.807) is 6.07 Å². The first-order valence-corrected chi connectivity index (χ1v) is 12.2. The fraction of sp³-hybridized carbons (Fsp3) is 0.519. The fourth-order valence-corrected chi connectivity index (χ4v) is 6.83. The van der Waals surface area contributed by atoms with Gasteiger partial charge in [-0.15, -0.1) is 0 Å². The van der Waals surface area contributed by atoms with Crippen LogP contribution in [0.15, 0.2) is 24.3 Å². The van der Waals surface area contributed by atoms with Gasteiger partial charge in [-0.2, -0.15) is 0 Å². The molecule has 2 aromatic rings. The Hall–Kier alpha value is -3.17. The summed E-state index contributed by atoms with van der Waals surface area (Å²) < 4.78 is 33.6. The van der Waals surface area contributed by atoms with Crippen molar-refractivity contribution in [3.63, 3.8) is 0 Å². The van der Waals surface area contributed by atoms with E-state index in [1.807, 2.05) is 18.2 Å². The van der Waals surface area contributed by atoms with Crippen molar-refractivity contribution in [2.75, 3.05) is 34.7 Å². The van der Waals surface area contributed by atoms with Crippen LogP contribution in [0.3, 0.4) is 0 Å². The lowest BCUT2D eigenvalue weighted by atomic mass is 9.55. The summed E-state index contributed by atoms with van der Waals surface area (Å²) in [5.74, 6) is 0.0289. The molecular formula is C27H30O9. The summed E-state index contributed by atoms with van der Waals surface area (Å²) in [4.78, 5) is 13.3. The number of benzene rings is 2. The van der Waals surface area contributed by atoms with Gasteiger partial charge in [-0.1, -0.05) is 12.8 Å². The van der Waals surface area contributed by atoms with Crippen LogP contribution in [-0.2, 0) is 15.1 Å². The topological polar surface area (TPSA) is 113 Å². The summed E-state index contributed by atoms with van der Waals surface area (Å²) in [5.41, 5.74) is -1.15. The van der Waals surface area contributed by atoms with Crippen LogP contribution in [0.4, 0.5) is 0 Å². The van der Waals surface area contributed by atoms with Crippen molar-refractivity contribution in [1.82, 2.24) is 0 Å². The van der Waals surface area contributed by atoms with Crippen molar-refractivity contribution in [2.45, 2.75) is 42.8 Å². The number of ether oxygens (including phenoxy) is 6. The highest BCUT2D eigenvalue weighted by molar-refractivity contribution is 5.79. The first-order valence-electron chi connectivity index (χ1n) is 12.2. The number of rotatable bonds is 5. The van der Waals surface area contributed by atoms with Gasteiger partial charge in [0.25, 0.3) is 0 Å². The van der Waals surface area contributed by atoms with Crippen LogP contribution >= 0.6 is 0 Å². The zero-order chi connectivity index (χ0) is 25.2. The summed E-state index contributed by atoms with van der Waals surface area (Å²) >= 11 is 0. The van der Waals surface area contributed by atoms with Gasteiger partial charge in [0.2, 0.25) is 12.5 Å². The predicted octanol–water partition coefficient (Wildman–Crippen LogP) is 2.87. The molecule has 1 saturated carbocycles. The second-order valence-electron chi connectivity index (χ2n) is 10.00. The number of aliphatic hydroxyl groups is 2. The van der Waals surface area contributed by atoms with Crippen LogP contribution in [0.5, 0.6) is 28.7 Å². The Balaban J connectivity index is 1.64. The molecule has 0 aromatic heterocycles. The molecule has 4 atom stereocenters. The highest BCUT2D eigenvalue weighted by atomic mass is 16.7. The number of cyclic esters (lactones) is 1. The summed E-state index contributed by atoms with van der Waals surface area (Å²) in [6.07, 6.45) is 2.45. The number of methoxy groups -OCH3 is 3. The van der Waals surface area contributed by atoms with Crippen molar-refractivity contribution in [3.05, 3.63) is 41.0 Å². The lowest BCUT2D eigenvalue weighted by Gasteiger charge is -2.51. The second-order valence-corrected chi connectivity index (χ2v) is 10.00. The molecule has 192 valence electrons. The highest BCUT2D eigenvalue weighted by Crippen LogP contribution is 2.62. The van der Waals surface area contributed by atoms with Crippen molar-refractivity contribution >= 4 is 5.97 Å². The molecule has 2 N–H and O–H groups in total. The van der Waals surface area contributed by atoms with Crippen molar-refractivity contribution in [3.8, 4) is 28.7 Å². The van der Waals surface area contributed by atoms with E-state index in [0.717, 1.165) is 18.4 Å². The summed E-state index contributed by atoms with van der Waals surface area (Å²) in [6.45, 7) is 0.0712. The van der Waals surface area contributed by atoms with Crippen molar-refractivity contribution < 1.29 is 43.4 Å². The number of hydrogen-bond donors (Lipinski definition) is 2. The standard InChI is InChI=1S/C27H30O9/c1-31-20-8-14(9-21(32-2)24(20)33-3)22-15-10-18-19(36-13-35-18)11-16(15)27(30,26(29)6-4-5-7-26)17-12-34-25(28)23(17)22/h8-11,17,22-23,29-30H,4-7,12-13H2,1-3H3/t17-,22+,23-,27+/m0/s1. The van der Waals surface area contributed by atoms with Crippen molar-refractivity contribution in [1.29, 1.82) is 0 Å². The van der Waals surface area contributed by atoms with E-state index < -0.39 is 34.9 Å². The molecule has 2 aromatic carbocycles. The summed E-state index contributed by atoms with van der Waals surface area (Å²) in [7, 11) is 4.60. The third-order valence-electron chi connectivity index (χ3n) is 8.48. The Morgan fingerprint density at radius 2 is 1.53 bits per heavy atom. The molecule has 0 radical (unpaired) electrons. The zero-order valence-corrected chi connectivity index (χ0v) is 20.5. The first kappa shape index (κ1) is 23.2. The molecular weight excluding hydrogens is 468 g/mol. The molecule has 6 rings (SSSR count). The SMILES string of the molecule is COc1cc([C@@H]2c3cc4c(cc3[C@](O)(C3(O)CCCC3)[C@H]3COC(=O)[C@H]23)OCO4)cc(OC)c1OC. The van der Waals surface area contributed by atoms with Crippen LogP contribution in [0, 0.1) is 11.8 Å². The highest BCUT2D eigenvalue weighted by Gasteiger charge is 2.66. The molecule has 2 aliphatic heterocycles. The molecule has 36 heavy (non-hydrogen) atoms. The number of carbonyl (C=O) groups excluding carboxylic acids is 1. The minimum Gasteiger partial charge on any atom is -0.493 e. The molecule has 9 heteroatoms. The molecule has 0 spiro atoms. The minimum absolute atomic E-state index is 0.0110. The molecule has 1 saturated heterocycles. The zero-order valence-electron chi connectivity index (χ0n) is 20.5. The predicted molar refractivity (Wildman–Crippen MR) is 126 cm³/mol. The average molecular weight is 499 g/mol. The summed E-state index contributed by atoms with van der Waals surface area (Å²) in [5, 5.41) is 24.4. The monoisotopic (exact) mass is 498 g/mol. The lowest BCUT2D eigenvalue weighted by Crippen LogP contribution is -2.60. The Kier molecular flexibility index (Phi) is 5.28. The quantitative estimate of drug-likeness (QED) is 0.601. The maximum absolute atomic E-state index is 13.3. The average Bonchev–Trinajstić information content (AvgIpc) is 3.63. The minimum atomic E-state index is -1.70. The van der Waals surface area contributed by atoms with Gasteiger partial charge >= 0.3 is 5.97 Å². The number of fused-ring (bicyclic) bond motifs is 3. The fourth-order valence-electron chi connectivity index (χ4n) is 6.83. The summed E-state index contributed by atoms with van der Waals surface area (Å²) in [6, 6.07) is 7.21. The molecule has 0 bridgehead atoms. The molecule has 0 unspecified atom stereocenters. The maximum atomic E-state index is 13.3. The van der Waals surface area contributed by atoms with E-state index in [1.165, 1.54) is 21.3 Å². The smallest absolute Gasteiger partial charge is 0.310 e. The molecule has 2 fully saturated rings. The van der Waals surface area contributed by atoms with E-state index >= 15 is 0 Å². The van der Waals surface area contributed by atoms with E-state index in [2.05, 4.69) is 0 Å². The largest absolute Gasteiger partial charge is 0.493 e. The van der Waals surface area contributed by atoms with Gasteiger partial charge in [-0.05, 0) is 53.8 Å². The van der Waals surface area contributed by atoms with Gasteiger partial charge in [0.1, 0.15) is 5.60 Å². The van der Waals surface area contributed by atoms with E-state index in [-0.39, 0.29) is 13.4 Å². The molecule has 2 aliphatic carbocycles. The number of hydrogen-bond acceptors (Lipinski definition) is 9. The van der Waals surface area contributed by atoms with E-state index in [9.17, 15) is 15.0 Å². The van der Waals surface area contributed by atoms with Gasteiger partial charge < -0.3 is 38.6 Å². The third kappa shape index (κ3) is 2.99. The maximum Gasteiger partial charge on any atom is 0.310 e. The Morgan fingerprint density at radius 1 is 0.889 bits per heavy atom. The second kappa shape index (κ2) is 8.18. The first-order chi connectivity index (χ1) is 17.4. The number of carbonyl (C=O) groups is 1. The molecule has 2 heterocycles. The van der Waals surface area contributed by atoms with Crippen LogP contribution in [0.2, 0.25) is 0 Å². The van der Waals surface area contributed by atoms with Gasteiger partial charge in [-0.25, -0.2) is 0 Å². The Labute approximate surface area is 208 Å². The van der Waals surface area contributed by atoms with Crippen LogP contribution < -0.4 is 23.7 Å². The van der Waals surface area contributed by atoms with Crippen LogP contribution in [0.25, 0.3) is 0 Å². The molecule has 4 aliphatic rings.